The lowest BCUT2D eigenvalue weighted by atomic mass is 9.98. The fraction of sp³-hybridized carbons (Fsp3) is 0.524. The van der Waals surface area contributed by atoms with Gasteiger partial charge in [-0.05, 0) is 42.9 Å². The van der Waals surface area contributed by atoms with Crippen molar-refractivity contribution in [3.63, 3.8) is 0 Å². The van der Waals surface area contributed by atoms with Crippen molar-refractivity contribution in [3.05, 3.63) is 41.3 Å². The van der Waals surface area contributed by atoms with Crippen LogP contribution in [0.25, 0.3) is 5.57 Å². The van der Waals surface area contributed by atoms with Crippen LogP contribution in [0.3, 0.4) is 0 Å². The van der Waals surface area contributed by atoms with Gasteiger partial charge in [0, 0.05) is 19.6 Å². The van der Waals surface area contributed by atoms with E-state index in [0.717, 1.165) is 45.2 Å². The highest BCUT2D eigenvalue weighted by molar-refractivity contribution is 6.35. The second kappa shape index (κ2) is 8.02. The molecule has 2 amide bonds. The Morgan fingerprint density at radius 3 is 2.50 bits per heavy atom. The molecule has 0 bridgehead atoms. The highest BCUT2D eigenvalue weighted by Gasteiger charge is 2.41. The number of halogens is 1. The number of hydrogen-bond donors (Lipinski definition) is 0. The van der Waals surface area contributed by atoms with E-state index in [-0.39, 0.29) is 17.6 Å². The van der Waals surface area contributed by atoms with Gasteiger partial charge in [-0.3, -0.25) is 14.5 Å². The van der Waals surface area contributed by atoms with Gasteiger partial charge in [-0.15, -0.1) is 0 Å². The normalized spacial score (nSPS) is 21.1. The maximum atomic E-state index is 13.3. The van der Waals surface area contributed by atoms with Crippen molar-refractivity contribution < 1.29 is 14.0 Å². The Hall–Kier alpha value is -2.17. The van der Waals surface area contributed by atoms with Crippen molar-refractivity contribution in [2.75, 3.05) is 19.6 Å². The molecule has 0 radical (unpaired) electrons. The Bertz CT molecular complexity index is 711. The summed E-state index contributed by atoms with van der Waals surface area (Å²) in [6.45, 7) is 6.28. The van der Waals surface area contributed by atoms with E-state index in [2.05, 4.69) is 18.7 Å². The van der Waals surface area contributed by atoms with Crippen LogP contribution in [0, 0.1) is 11.7 Å². The summed E-state index contributed by atoms with van der Waals surface area (Å²) in [4.78, 5) is 29.6. The van der Waals surface area contributed by atoms with Crippen LogP contribution in [0.5, 0.6) is 0 Å². The molecule has 140 valence electrons. The first kappa shape index (κ1) is 18.6. The number of carbonyl (C=O) groups excluding carboxylic acids is 2. The van der Waals surface area contributed by atoms with Crippen LogP contribution in [0.2, 0.25) is 0 Å². The van der Waals surface area contributed by atoms with Crippen LogP contribution in [0.15, 0.2) is 30.0 Å². The molecule has 1 atom stereocenters. The van der Waals surface area contributed by atoms with Gasteiger partial charge in [0.05, 0.1) is 5.57 Å². The molecular formula is C21H27FN2O2. The number of rotatable bonds is 6. The number of imide groups is 1. The monoisotopic (exact) mass is 358 g/mol. The summed E-state index contributed by atoms with van der Waals surface area (Å²) in [5.74, 6) is -0.299. The van der Waals surface area contributed by atoms with Gasteiger partial charge in [-0.1, -0.05) is 38.8 Å². The molecule has 3 rings (SSSR count). The molecule has 5 heteroatoms. The Kier molecular flexibility index (Phi) is 5.74. The lowest BCUT2D eigenvalue weighted by Gasteiger charge is -2.33. The van der Waals surface area contributed by atoms with E-state index in [1.807, 2.05) is 0 Å². The lowest BCUT2D eigenvalue weighted by Crippen LogP contribution is -2.39. The molecule has 26 heavy (non-hydrogen) atoms. The van der Waals surface area contributed by atoms with E-state index in [0.29, 0.717) is 29.3 Å². The molecule has 1 saturated heterocycles. The predicted molar refractivity (Wildman–Crippen MR) is 99.5 cm³/mol. The van der Waals surface area contributed by atoms with E-state index < -0.39 is 0 Å². The Morgan fingerprint density at radius 2 is 1.85 bits per heavy atom. The summed E-state index contributed by atoms with van der Waals surface area (Å²) < 4.78 is 13.3. The van der Waals surface area contributed by atoms with Crippen molar-refractivity contribution in [2.45, 2.75) is 46.0 Å². The standard InChI is InChI=1S/C21H27FN2O2/c1-3-4-5-13-24-20(25)18(16-8-10-17(22)11-9-16)19(21(24)26)23-12-6-7-15(2)14-23/h8-11,15H,3-7,12-14H2,1-2H3. The summed E-state index contributed by atoms with van der Waals surface area (Å²) in [7, 11) is 0. The molecule has 0 saturated carbocycles. The van der Waals surface area contributed by atoms with Crippen molar-refractivity contribution >= 4 is 17.4 Å². The number of likely N-dealkylation sites (tertiary alicyclic amines) is 1. The highest BCUT2D eigenvalue weighted by atomic mass is 19.1. The first-order chi connectivity index (χ1) is 12.5. The Labute approximate surface area is 154 Å². The van der Waals surface area contributed by atoms with E-state index in [1.54, 1.807) is 12.1 Å². The SMILES string of the molecule is CCCCCN1C(=O)C(c2ccc(F)cc2)=C(N2CCCC(C)C2)C1=O. The molecule has 2 aliphatic rings. The molecule has 1 aromatic rings. The zero-order valence-corrected chi connectivity index (χ0v) is 15.6. The Balaban J connectivity index is 1.97. The number of nitrogens with zero attached hydrogens (tertiary/aromatic N) is 2. The first-order valence-corrected chi connectivity index (χ1v) is 9.64. The minimum absolute atomic E-state index is 0.195. The van der Waals surface area contributed by atoms with Gasteiger partial charge >= 0.3 is 0 Å². The van der Waals surface area contributed by atoms with Crippen LogP contribution in [-0.2, 0) is 9.59 Å². The second-order valence-electron chi connectivity index (χ2n) is 7.39. The molecular weight excluding hydrogens is 331 g/mol. The van der Waals surface area contributed by atoms with Crippen molar-refractivity contribution in [1.82, 2.24) is 9.80 Å². The largest absolute Gasteiger partial charge is 0.366 e. The lowest BCUT2D eigenvalue weighted by molar-refractivity contribution is -0.137. The van der Waals surface area contributed by atoms with Crippen molar-refractivity contribution in [2.24, 2.45) is 5.92 Å². The summed E-state index contributed by atoms with van der Waals surface area (Å²) in [5, 5.41) is 0. The van der Waals surface area contributed by atoms with Crippen LogP contribution in [0.1, 0.15) is 51.5 Å². The van der Waals surface area contributed by atoms with Crippen molar-refractivity contribution in [3.8, 4) is 0 Å². The fourth-order valence-corrected chi connectivity index (χ4v) is 3.85. The molecule has 0 N–H and O–H groups in total. The maximum Gasteiger partial charge on any atom is 0.277 e. The number of amides is 2. The third-order valence-corrected chi connectivity index (χ3v) is 5.23. The van der Waals surface area contributed by atoms with Gasteiger partial charge < -0.3 is 4.90 Å². The molecule has 1 unspecified atom stereocenters. The number of piperidine rings is 1. The smallest absolute Gasteiger partial charge is 0.277 e. The minimum Gasteiger partial charge on any atom is -0.366 e. The van der Waals surface area contributed by atoms with Crippen LogP contribution in [0.4, 0.5) is 4.39 Å². The molecule has 1 fully saturated rings. The minimum atomic E-state index is -0.348. The molecule has 0 spiro atoms. The van der Waals surface area contributed by atoms with E-state index in [4.69, 9.17) is 0 Å². The first-order valence-electron chi connectivity index (χ1n) is 9.64. The van der Waals surface area contributed by atoms with Crippen LogP contribution in [-0.4, -0.2) is 41.2 Å². The van der Waals surface area contributed by atoms with E-state index in [1.165, 1.54) is 17.0 Å². The van der Waals surface area contributed by atoms with Gasteiger partial charge in [0.2, 0.25) is 0 Å². The average Bonchev–Trinajstić information content (AvgIpc) is 2.87. The quantitative estimate of drug-likeness (QED) is 0.573. The number of carbonyl (C=O) groups is 2. The molecule has 0 aromatic heterocycles. The van der Waals surface area contributed by atoms with E-state index in [9.17, 15) is 14.0 Å². The Morgan fingerprint density at radius 1 is 1.12 bits per heavy atom. The topological polar surface area (TPSA) is 40.6 Å². The zero-order valence-electron chi connectivity index (χ0n) is 15.6. The van der Waals surface area contributed by atoms with Crippen LogP contribution >= 0.6 is 0 Å². The molecule has 1 aromatic carbocycles. The summed E-state index contributed by atoms with van der Waals surface area (Å²) in [6, 6.07) is 5.88. The third kappa shape index (κ3) is 3.67. The summed E-state index contributed by atoms with van der Waals surface area (Å²) in [6.07, 6.45) is 4.98. The maximum absolute atomic E-state index is 13.3. The number of hydrogen-bond acceptors (Lipinski definition) is 3. The second-order valence-corrected chi connectivity index (χ2v) is 7.39. The number of benzene rings is 1. The highest BCUT2D eigenvalue weighted by Crippen LogP contribution is 2.34. The van der Waals surface area contributed by atoms with Gasteiger partial charge in [-0.25, -0.2) is 4.39 Å². The molecule has 2 aliphatic heterocycles. The predicted octanol–water partition coefficient (Wildman–Crippen LogP) is 3.83. The third-order valence-electron chi connectivity index (χ3n) is 5.23. The molecule has 0 aliphatic carbocycles. The molecule has 2 heterocycles. The van der Waals surface area contributed by atoms with Gasteiger partial charge in [-0.2, -0.15) is 0 Å². The van der Waals surface area contributed by atoms with Gasteiger partial charge in [0.15, 0.2) is 0 Å². The zero-order chi connectivity index (χ0) is 18.7. The summed E-state index contributed by atoms with van der Waals surface area (Å²) in [5.41, 5.74) is 1.56. The number of unbranched alkanes of at least 4 members (excludes halogenated alkanes) is 2. The average molecular weight is 358 g/mol. The molecule has 4 nitrogen and oxygen atoms in total. The van der Waals surface area contributed by atoms with Crippen LogP contribution < -0.4 is 0 Å². The summed E-state index contributed by atoms with van der Waals surface area (Å²) >= 11 is 0. The van der Waals surface area contributed by atoms with Crippen molar-refractivity contribution in [1.29, 1.82) is 0 Å². The van der Waals surface area contributed by atoms with Gasteiger partial charge in [0.1, 0.15) is 11.5 Å². The van der Waals surface area contributed by atoms with Gasteiger partial charge in [0.25, 0.3) is 11.8 Å². The van der Waals surface area contributed by atoms with E-state index >= 15 is 0 Å². The fourth-order valence-electron chi connectivity index (χ4n) is 3.85.